The summed E-state index contributed by atoms with van der Waals surface area (Å²) in [6.07, 6.45) is 1.71. The fourth-order valence-electron chi connectivity index (χ4n) is 2.62. The van der Waals surface area contributed by atoms with Crippen LogP contribution in [0.15, 0.2) is 42.6 Å². The lowest BCUT2D eigenvalue weighted by Crippen LogP contribution is -2.34. The minimum Gasteiger partial charge on any atom is -0.486 e. The van der Waals surface area contributed by atoms with Gasteiger partial charge in [-0.1, -0.05) is 29.3 Å². The lowest BCUT2D eigenvalue weighted by Gasteiger charge is -2.22. The first-order valence-electron chi connectivity index (χ1n) is 9.15. The number of benzene rings is 1. The monoisotopic (exact) mass is 451 g/mol. The first-order chi connectivity index (χ1) is 13.6. The van der Waals surface area contributed by atoms with Crippen molar-refractivity contribution < 1.29 is 8.95 Å². The second-order valence-corrected chi connectivity index (χ2v) is 10.4. The molecule has 0 fully saturated rings. The van der Waals surface area contributed by atoms with E-state index in [1.165, 1.54) is 0 Å². The van der Waals surface area contributed by atoms with Gasteiger partial charge in [-0.05, 0) is 52.0 Å². The van der Waals surface area contributed by atoms with E-state index in [1.807, 2.05) is 52.0 Å². The van der Waals surface area contributed by atoms with Gasteiger partial charge < -0.3 is 4.74 Å². The third-order valence-corrected chi connectivity index (χ3v) is 6.54. The fourth-order valence-corrected chi connectivity index (χ4v) is 3.96. The van der Waals surface area contributed by atoms with Crippen LogP contribution in [0.1, 0.15) is 45.0 Å². The van der Waals surface area contributed by atoms with Crippen LogP contribution in [0.2, 0.25) is 10.2 Å². The second-order valence-electron chi connectivity index (χ2n) is 7.67. The molecule has 1 unspecified atom stereocenters. The molecule has 0 saturated heterocycles. The normalized spacial score (nSPS) is 14.0. The van der Waals surface area contributed by atoms with Crippen LogP contribution in [0.4, 0.5) is 0 Å². The SMILES string of the molecule is C[C@@H](NS(=O)C(C)(C)C)c1cc2cc(Cl)c(OCc3ccccn3)cc2nc1Cl. The van der Waals surface area contributed by atoms with E-state index in [0.717, 1.165) is 16.6 Å². The van der Waals surface area contributed by atoms with Gasteiger partial charge in [-0.25, -0.2) is 13.9 Å². The second kappa shape index (κ2) is 8.96. The Morgan fingerprint density at radius 3 is 2.62 bits per heavy atom. The van der Waals surface area contributed by atoms with Gasteiger partial charge >= 0.3 is 0 Å². The van der Waals surface area contributed by atoms with Gasteiger partial charge in [0.2, 0.25) is 0 Å². The highest BCUT2D eigenvalue weighted by Gasteiger charge is 2.23. The molecule has 0 spiro atoms. The van der Waals surface area contributed by atoms with Gasteiger partial charge in [0, 0.05) is 29.3 Å². The Kier molecular flexibility index (Phi) is 6.79. The van der Waals surface area contributed by atoms with E-state index in [-0.39, 0.29) is 10.8 Å². The Balaban J connectivity index is 1.85. The first kappa shape index (κ1) is 22.0. The molecule has 3 rings (SSSR count). The summed E-state index contributed by atoms with van der Waals surface area (Å²) in [5, 5.41) is 1.65. The predicted molar refractivity (Wildman–Crippen MR) is 120 cm³/mol. The molecule has 0 bridgehead atoms. The zero-order valence-electron chi connectivity index (χ0n) is 16.7. The van der Waals surface area contributed by atoms with Crippen molar-refractivity contribution in [2.24, 2.45) is 0 Å². The van der Waals surface area contributed by atoms with E-state index in [1.54, 1.807) is 18.3 Å². The van der Waals surface area contributed by atoms with Gasteiger partial charge in [-0.2, -0.15) is 0 Å². The number of rotatable bonds is 6. The third-order valence-electron chi connectivity index (χ3n) is 4.26. The minimum atomic E-state index is -1.23. The van der Waals surface area contributed by atoms with Crippen LogP contribution in [-0.4, -0.2) is 18.9 Å². The molecule has 29 heavy (non-hydrogen) atoms. The number of nitrogens with one attached hydrogen (secondary N) is 1. The number of aromatic nitrogens is 2. The van der Waals surface area contributed by atoms with Crippen molar-refractivity contribution in [1.29, 1.82) is 0 Å². The average Bonchev–Trinajstić information content (AvgIpc) is 2.66. The van der Waals surface area contributed by atoms with Crippen molar-refractivity contribution in [3.8, 4) is 5.75 Å². The number of hydrogen-bond donors (Lipinski definition) is 1. The number of nitrogens with zero attached hydrogens (tertiary/aromatic N) is 2. The Labute approximate surface area is 183 Å². The van der Waals surface area contributed by atoms with Gasteiger partial charge in [0.05, 0.1) is 32.0 Å². The molecule has 5 nitrogen and oxygen atoms in total. The molecule has 2 atom stereocenters. The molecule has 2 heterocycles. The lowest BCUT2D eigenvalue weighted by molar-refractivity contribution is 0.302. The van der Waals surface area contributed by atoms with Gasteiger partial charge in [-0.15, -0.1) is 0 Å². The van der Waals surface area contributed by atoms with Crippen LogP contribution < -0.4 is 9.46 Å². The largest absolute Gasteiger partial charge is 0.486 e. The van der Waals surface area contributed by atoms with Crippen LogP contribution in [0.25, 0.3) is 10.9 Å². The summed E-state index contributed by atoms with van der Waals surface area (Å²) in [7, 11) is -1.23. The van der Waals surface area contributed by atoms with Crippen molar-refractivity contribution in [3.05, 3.63) is 64.0 Å². The molecule has 154 valence electrons. The first-order valence-corrected chi connectivity index (χ1v) is 11.1. The topological polar surface area (TPSA) is 64.1 Å². The Morgan fingerprint density at radius 1 is 1.21 bits per heavy atom. The van der Waals surface area contributed by atoms with E-state index in [2.05, 4.69) is 14.7 Å². The van der Waals surface area contributed by atoms with Crippen molar-refractivity contribution in [1.82, 2.24) is 14.7 Å². The molecule has 0 saturated carbocycles. The summed E-state index contributed by atoms with van der Waals surface area (Å²) in [5.74, 6) is 0.515. The van der Waals surface area contributed by atoms with Crippen molar-refractivity contribution in [2.45, 2.75) is 45.1 Å². The van der Waals surface area contributed by atoms with Gasteiger partial charge in [-0.3, -0.25) is 4.98 Å². The molecule has 0 radical (unpaired) electrons. The smallest absolute Gasteiger partial charge is 0.140 e. The summed E-state index contributed by atoms with van der Waals surface area (Å²) in [6.45, 7) is 7.95. The molecule has 0 aliphatic heterocycles. The van der Waals surface area contributed by atoms with Crippen molar-refractivity contribution in [3.63, 3.8) is 0 Å². The summed E-state index contributed by atoms with van der Waals surface area (Å²) >= 11 is 12.8. The van der Waals surface area contributed by atoms with Crippen LogP contribution in [-0.2, 0) is 17.6 Å². The Hall–Kier alpha value is -1.73. The van der Waals surface area contributed by atoms with Gasteiger partial charge in [0.1, 0.15) is 17.5 Å². The maximum absolute atomic E-state index is 12.4. The highest BCUT2D eigenvalue weighted by molar-refractivity contribution is 7.84. The molecule has 2 aromatic heterocycles. The van der Waals surface area contributed by atoms with E-state index in [9.17, 15) is 4.21 Å². The molecular weight excluding hydrogens is 429 g/mol. The molecular formula is C21H23Cl2N3O2S. The minimum absolute atomic E-state index is 0.238. The van der Waals surface area contributed by atoms with Crippen LogP contribution in [0.3, 0.4) is 0 Å². The zero-order valence-corrected chi connectivity index (χ0v) is 19.0. The van der Waals surface area contributed by atoms with Gasteiger partial charge in [0.25, 0.3) is 0 Å². The lowest BCUT2D eigenvalue weighted by atomic mass is 10.1. The number of hydrogen-bond acceptors (Lipinski definition) is 4. The van der Waals surface area contributed by atoms with Crippen LogP contribution >= 0.6 is 23.2 Å². The van der Waals surface area contributed by atoms with E-state index >= 15 is 0 Å². The number of halogens is 2. The van der Waals surface area contributed by atoms with Gasteiger partial charge in [0.15, 0.2) is 0 Å². The highest BCUT2D eigenvalue weighted by Crippen LogP contribution is 2.33. The molecule has 0 amide bonds. The van der Waals surface area contributed by atoms with Crippen molar-refractivity contribution in [2.75, 3.05) is 0 Å². The molecule has 1 aromatic carbocycles. The maximum atomic E-state index is 12.4. The van der Waals surface area contributed by atoms with E-state index < -0.39 is 11.0 Å². The summed E-state index contributed by atoms with van der Waals surface area (Å²) in [5.41, 5.74) is 2.23. The molecule has 8 heteroatoms. The third kappa shape index (κ3) is 5.45. The van der Waals surface area contributed by atoms with Crippen LogP contribution in [0.5, 0.6) is 5.75 Å². The van der Waals surface area contributed by atoms with Crippen LogP contribution in [0, 0.1) is 0 Å². The Bertz CT molecular complexity index is 1040. The number of ether oxygens (including phenoxy) is 1. The number of pyridine rings is 2. The summed E-state index contributed by atoms with van der Waals surface area (Å²) in [4.78, 5) is 8.73. The van der Waals surface area contributed by atoms with Crippen molar-refractivity contribution >= 4 is 45.1 Å². The van der Waals surface area contributed by atoms with E-state index in [4.69, 9.17) is 27.9 Å². The molecule has 3 aromatic rings. The molecule has 0 aliphatic rings. The predicted octanol–water partition coefficient (Wildman–Crippen LogP) is 5.63. The molecule has 0 aliphatic carbocycles. The fraction of sp³-hybridized carbons (Fsp3) is 0.333. The average molecular weight is 452 g/mol. The zero-order chi connectivity index (χ0) is 21.2. The number of fused-ring (bicyclic) bond motifs is 1. The van der Waals surface area contributed by atoms with E-state index in [0.29, 0.717) is 28.0 Å². The molecule has 1 N–H and O–H groups in total. The quantitative estimate of drug-likeness (QED) is 0.493. The maximum Gasteiger partial charge on any atom is 0.140 e. The Morgan fingerprint density at radius 2 is 1.97 bits per heavy atom. The summed E-state index contributed by atoms with van der Waals surface area (Å²) in [6, 6.07) is 10.9. The summed E-state index contributed by atoms with van der Waals surface area (Å²) < 4.78 is 20.9. The standard InChI is InChI=1S/C21H23Cl2N3O2S/c1-13(26-29(27)21(2,3)4)16-9-14-10-17(22)19(11-18(14)25-20(16)23)28-12-15-7-5-6-8-24-15/h5-11,13,26H,12H2,1-4H3/t13-,29?/m1/s1. The highest BCUT2D eigenvalue weighted by atomic mass is 35.5.